The molecule has 0 spiro atoms. The first kappa shape index (κ1) is 14.9. The molecule has 106 valence electrons. The molecule has 0 bridgehead atoms. The lowest BCUT2D eigenvalue weighted by Gasteiger charge is -2.17. The molecule has 1 atom stereocenters. The summed E-state index contributed by atoms with van der Waals surface area (Å²) >= 11 is 0. The van der Waals surface area contributed by atoms with Gasteiger partial charge in [0.05, 0.1) is 6.61 Å². The third-order valence-corrected chi connectivity index (χ3v) is 2.56. The van der Waals surface area contributed by atoms with Crippen LogP contribution in [-0.2, 0) is 14.4 Å². The summed E-state index contributed by atoms with van der Waals surface area (Å²) < 4.78 is 0. The van der Waals surface area contributed by atoms with Gasteiger partial charge in [-0.3, -0.25) is 14.5 Å². The molecule has 9 nitrogen and oxygen atoms in total. The highest BCUT2D eigenvalue weighted by Gasteiger charge is 2.45. The molecule has 0 aromatic carbocycles. The van der Waals surface area contributed by atoms with E-state index in [1.807, 2.05) is 5.32 Å². The first-order valence-corrected chi connectivity index (χ1v) is 5.46. The maximum atomic E-state index is 11.8. The minimum absolute atomic E-state index is 0.580. The van der Waals surface area contributed by atoms with E-state index in [2.05, 4.69) is 5.32 Å². The molecule has 1 aliphatic heterocycles. The van der Waals surface area contributed by atoms with Crippen LogP contribution in [0.5, 0.6) is 0 Å². The summed E-state index contributed by atoms with van der Waals surface area (Å²) in [5.41, 5.74) is -1.10. The normalized spacial score (nSPS) is 19.0. The Morgan fingerprint density at radius 3 is 2.37 bits per heavy atom. The van der Waals surface area contributed by atoms with Crippen LogP contribution in [0.4, 0.5) is 4.79 Å². The number of amides is 4. The van der Waals surface area contributed by atoms with Crippen molar-refractivity contribution in [1.29, 1.82) is 0 Å². The van der Waals surface area contributed by atoms with E-state index in [1.54, 1.807) is 0 Å². The fraction of sp³-hybridized carbons (Fsp3) is 0.600. The number of carboxylic acid groups (broad SMARTS) is 1. The number of hydrogen-bond donors (Lipinski definition) is 4. The zero-order valence-corrected chi connectivity index (χ0v) is 10.5. The second-order valence-electron chi connectivity index (χ2n) is 4.59. The van der Waals surface area contributed by atoms with Crippen LogP contribution in [0.25, 0.3) is 0 Å². The van der Waals surface area contributed by atoms with Gasteiger partial charge in [0.2, 0.25) is 5.91 Å². The van der Waals surface area contributed by atoms with Gasteiger partial charge in [-0.25, -0.2) is 9.59 Å². The second kappa shape index (κ2) is 5.22. The quantitative estimate of drug-likeness (QED) is 0.423. The van der Waals surface area contributed by atoms with E-state index < -0.39 is 48.5 Å². The summed E-state index contributed by atoms with van der Waals surface area (Å²) in [4.78, 5) is 46.0. The number of carboxylic acids is 1. The average Bonchev–Trinajstić information content (AvgIpc) is 2.48. The number of hydrogen-bond acceptors (Lipinski definition) is 5. The highest BCUT2D eigenvalue weighted by Crippen LogP contribution is 2.15. The number of carbonyl (C=O) groups excluding carboxylic acids is 3. The third-order valence-electron chi connectivity index (χ3n) is 2.56. The lowest BCUT2D eigenvalue weighted by atomic mass is 10.1. The zero-order valence-electron chi connectivity index (χ0n) is 10.5. The molecule has 1 aliphatic rings. The Morgan fingerprint density at radius 2 is 2.00 bits per heavy atom. The summed E-state index contributed by atoms with van der Waals surface area (Å²) in [6.45, 7) is 1.59. The van der Waals surface area contributed by atoms with Crippen LogP contribution in [-0.4, -0.2) is 63.7 Å². The lowest BCUT2D eigenvalue weighted by molar-refractivity contribution is -0.143. The second-order valence-corrected chi connectivity index (χ2v) is 4.59. The Bertz CT molecular complexity index is 433. The van der Waals surface area contributed by atoms with Crippen molar-refractivity contribution in [2.75, 3.05) is 13.2 Å². The first-order chi connectivity index (χ1) is 8.69. The molecule has 19 heavy (non-hydrogen) atoms. The fourth-order valence-electron chi connectivity index (χ4n) is 1.53. The largest absolute Gasteiger partial charge is 0.480 e. The van der Waals surface area contributed by atoms with Crippen molar-refractivity contribution >= 4 is 23.8 Å². The van der Waals surface area contributed by atoms with E-state index in [9.17, 15) is 19.2 Å². The average molecular weight is 273 g/mol. The van der Waals surface area contributed by atoms with Crippen molar-refractivity contribution < 1.29 is 29.4 Å². The van der Waals surface area contributed by atoms with Crippen LogP contribution in [0.1, 0.15) is 13.8 Å². The molecule has 4 amide bonds. The molecule has 1 fully saturated rings. The smallest absolute Gasteiger partial charge is 0.328 e. The molecule has 0 aliphatic carbocycles. The molecule has 0 aromatic rings. The Morgan fingerprint density at radius 1 is 1.42 bits per heavy atom. The minimum Gasteiger partial charge on any atom is -0.480 e. The molecular weight excluding hydrogens is 258 g/mol. The first-order valence-electron chi connectivity index (χ1n) is 5.46. The number of rotatable bonds is 5. The number of nitrogens with zero attached hydrogens (tertiary/aromatic N) is 1. The number of imide groups is 1. The molecule has 1 heterocycles. The highest BCUT2D eigenvalue weighted by molar-refractivity contribution is 6.08. The molecule has 1 rings (SSSR count). The van der Waals surface area contributed by atoms with Crippen LogP contribution in [0.2, 0.25) is 0 Å². The Labute approximate surface area is 108 Å². The van der Waals surface area contributed by atoms with Crippen molar-refractivity contribution in [3.05, 3.63) is 0 Å². The molecular formula is C10H15N3O6. The minimum atomic E-state index is -1.47. The van der Waals surface area contributed by atoms with Crippen LogP contribution >= 0.6 is 0 Å². The summed E-state index contributed by atoms with van der Waals surface area (Å²) in [7, 11) is 0. The van der Waals surface area contributed by atoms with Gasteiger partial charge in [-0.2, -0.15) is 0 Å². The van der Waals surface area contributed by atoms with E-state index in [4.69, 9.17) is 10.2 Å². The molecule has 0 unspecified atom stereocenters. The van der Waals surface area contributed by atoms with Gasteiger partial charge < -0.3 is 20.8 Å². The molecule has 0 radical (unpaired) electrons. The number of carbonyl (C=O) groups is 4. The fourth-order valence-corrected chi connectivity index (χ4v) is 1.53. The molecule has 0 saturated carbocycles. The Balaban J connectivity index is 2.65. The number of aliphatic carboxylic acids is 1. The van der Waals surface area contributed by atoms with Crippen LogP contribution in [0, 0.1) is 0 Å². The molecule has 0 aromatic heterocycles. The van der Waals surface area contributed by atoms with E-state index in [-0.39, 0.29) is 0 Å². The van der Waals surface area contributed by atoms with Gasteiger partial charge in [0.25, 0.3) is 5.91 Å². The van der Waals surface area contributed by atoms with Crippen molar-refractivity contribution in [2.45, 2.75) is 25.4 Å². The van der Waals surface area contributed by atoms with E-state index in [1.165, 1.54) is 13.8 Å². The number of urea groups is 1. The number of aliphatic hydroxyl groups excluding tert-OH is 1. The van der Waals surface area contributed by atoms with Gasteiger partial charge in [0.15, 0.2) is 0 Å². The van der Waals surface area contributed by atoms with Gasteiger partial charge in [-0.05, 0) is 13.8 Å². The lowest BCUT2D eigenvalue weighted by Crippen LogP contribution is -2.49. The van der Waals surface area contributed by atoms with Crippen molar-refractivity contribution in [2.24, 2.45) is 0 Å². The highest BCUT2D eigenvalue weighted by atomic mass is 16.4. The van der Waals surface area contributed by atoms with E-state index >= 15 is 0 Å². The Hall–Kier alpha value is -2.16. The summed E-state index contributed by atoms with van der Waals surface area (Å²) in [5.74, 6) is -2.83. The predicted molar refractivity (Wildman–Crippen MR) is 61.0 cm³/mol. The van der Waals surface area contributed by atoms with Gasteiger partial charge in [0.1, 0.15) is 18.1 Å². The maximum Gasteiger partial charge on any atom is 0.328 e. The van der Waals surface area contributed by atoms with Gasteiger partial charge in [0, 0.05) is 0 Å². The topological polar surface area (TPSA) is 136 Å². The Kier molecular flexibility index (Phi) is 4.10. The summed E-state index contributed by atoms with van der Waals surface area (Å²) in [6.07, 6.45) is 0. The van der Waals surface area contributed by atoms with Gasteiger partial charge >= 0.3 is 12.0 Å². The van der Waals surface area contributed by atoms with Crippen LogP contribution in [0.15, 0.2) is 0 Å². The predicted octanol–water partition coefficient (Wildman–Crippen LogP) is -2.12. The summed E-state index contributed by atoms with van der Waals surface area (Å²) in [5, 5.41) is 21.8. The standard InChI is InChI=1S/C10H15N3O6/c1-10(2)8(18)13(9(19)12-10)3-6(15)11-5(4-14)7(16)17/h5,14H,3-4H2,1-2H3,(H,11,15)(H,12,19)(H,16,17)/t5-/m0/s1. The van der Waals surface area contributed by atoms with E-state index in [0.717, 1.165) is 0 Å². The number of aliphatic hydroxyl groups is 1. The molecule has 1 saturated heterocycles. The zero-order chi connectivity index (χ0) is 14.8. The van der Waals surface area contributed by atoms with Crippen LogP contribution in [0.3, 0.4) is 0 Å². The van der Waals surface area contributed by atoms with Gasteiger partial charge in [-0.1, -0.05) is 0 Å². The van der Waals surface area contributed by atoms with E-state index in [0.29, 0.717) is 4.90 Å². The molecule has 9 heteroatoms. The van der Waals surface area contributed by atoms with Gasteiger partial charge in [-0.15, -0.1) is 0 Å². The maximum absolute atomic E-state index is 11.8. The van der Waals surface area contributed by atoms with Crippen LogP contribution < -0.4 is 10.6 Å². The van der Waals surface area contributed by atoms with Crippen molar-refractivity contribution in [1.82, 2.24) is 15.5 Å². The monoisotopic (exact) mass is 273 g/mol. The van der Waals surface area contributed by atoms with Crippen molar-refractivity contribution in [3.8, 4) is 0 Å². The number of nitrogens with one attached hydrogen (secondary N) is 2. The van der Waals surface area contributed by atoms with Crippen molar-refractivity contribution in [3.63, 3.8) is 0 Å². The third kappa shape index (κ3) is 3.19. The molecule has 4 N–H and O–H groups in total. The summed E-state index contributed by atoms with van der Waals surface area (Å²) in [6, 6.07) is -2.19. The SMILES string of the molecule is CC1(C)NC(=O)N(CC(=O)N[C@@H](CO)C(=O)O)C1=O.